The van der Waals surface area contributed by atoms with Crippen LogP contribution in [0.1, 0.15) is 63.8 Å². The molecule has 222 valence electrons. The van der Waals surface area contributed by atoms with E-state index in [4.69, 9.17) is 10.00 Å². The van der Waals surface area contributed by atoms with Crippen molar-refractivity contribution in [1.29, 1.82) is 5.26 Å². The van der Waals surface area contributed by atoms with Crippen LogP contribution in [0.15, 0.2) is 40.2 Å². The standard InChI is InChI=1S/C29H34FN7O4S/c1-7-19-9-10-20(30)15-21(19)22(41-14-8-11-31)16-35-26-23(18(4)25(42-26)37-32-12-13-33-37)24(38)36(28(35)40)29(5,6)27(39)34-17(2)3/h9-10,12-13,15,17,22H,7-8,14,16H2,1-6H3,(H,34,39)/t22-/m0/s1. The van der Waals surface area contributed by atoms with E-state index in [1.54, 1.807) is 26.8 Å². The second-order valence-corrected chi connectivity index (χ2v) is 11.7. The van der Waals surface area contributed by atoms with Crippen LogP contribution >= 0.6 is 11.3 Å². The van der Waals surface area contributed by atoms with Crippen molar-refractivity contribution in [2.45, 2.75) is 78.6 Å². The quantitative estimate of drug-likeness (QED) is 0.261. The first-order valence-electron chi connectivity index (χ1n) is 13.7. The lowest BCUT2D eigenvalue weighted by Crippen LogP contribution is -2.56. The van der Waals surface area contributed by atoms with Gasteiger partial charge in [-0.3, -0.25) is 14.2 Å². The Bertz CT molecular complexity index is 1760. The van der Waals surface area contributed by atoms with E-state index < -0.39 is 34.6 Å². The van der Waals surface area contributed by atoms with Crippen LogP contribution in [0, 0.1) is 24.1 Å². The summed E-state index contributed by atoms with van der Waals surface area (Å²) in [6.07, 6.45) is 2.84. The molecule has 0 aliphatic carbocycles. The number of aryl methyl sites for hydroxylation is 2. The van der Waals surface area contributed by atoms with Crippen molar-refractivity contribution >= 4 is 27.5 Å². The third-order valence-corrected chi connectivity index (χ3v) is 8.32. The molecule has 4 rings (SSSR count). The Labute approximate surface area is 246 Å². The van der Waals surface area contributed by atoms with E-state index in [2.05, 4.69) is 15.5 Å². The van der Waals surface area contributed by atoms with Crippen LogP contribution in [-0.4, -0.2) is 42.7 Å². The van der Waals surface area contributed by atoms with E-state index in [1.165, 1.54) is 47.7 Å². The lowest BCUT2D eigenvalue weighted by atomic mass is 9.99. The number of benzene rings is 1. The fourth-order valence-corrected chi connectivity index (χ4v) is 6.10. The number of nitrogens with one attached hydrogen (secondary N) is 1. The maximum Gasteiger partial charge on any atom is 0.333 e. The second-order valence-electron chi connectivity index (χ2n) is 10.7. The molecule has 42 heavy (non-hydrogen) atoms. The summed E-state index contributed by atoms with van der Waals surface area (Å²) in [6, 6.07) is 6.21. The summed E-state index contributed by atoms with van der Waals surface area (Å²) in [6.45, 7) is 10.2. The smallest absolute Gasteiger partial charge is 0.333 e. The molecule has 3 heterocycles. The molecule has 13 heteroatoms. The molecule has 0 aliphatic heterocycles. The first kappa shape index (κ1) is 30.8. The molecule has 0 bridgehead atoms. The molecular formula is C29H34FN7O4S. The van der Waals surface area contributed by atoms with Crippen LogP contribution < -0.4 is 16.6 Å². The Morgan fingerprint density at radius 1 is 1.24 bits per heavy atom. The lowest BCUT2D eigenvalue weighted by molar-refractivity contribution is -0.129. The largest absolute Gasteiger partial charge is 0.371 e. The minimum atomic E-state index is -1.56. The average molecular weight is 596 g/mol. The molecule has 1 amide bonds. The summed E-state index contributed by atoms with van der Waals surface area (Å²) in [7, 11) is 0. The molecule has 4 aromatic rings. The summed E-state index contributed by atoms with van der Waals surface area (Å²) in [4.78, 5) is 43.4. The van der Waals surface area contributed by atoms with Crippen molar-refractivity contribution in [3.63, 3.8) is 0 Å². The zero-order valence-electron chi connectivity index (χ0n) is 24.5. The maximum absolute atomic E-state index is 14.5. The second kappa shape index (κ2) is 12.4. The summed E-state index contributed by atoms with van der Waals surface area (Å²) in [5.41, 5.74) is -1.01. The third-order valence-electron chi connectivity index (χ3n) is 7.04. The number of thiophene rings is 1. The number of nitriles is 1. The molecule has 0 aliphatic rings. The van der Waals surface area contributed by atoms with E-state index in [1.807, 2.05) is 13.0 Å². The van der Waals surface area contributed by atoms with Crippen LogP contribution in [0.2, 0.25) is 0 Å². The van der Waals surface area contributed by atoms with E-state index in [0.29, 0.717) is 27.4 Å². The van der Waals surface area contributed by atoms with Gasteiger partial charge in [-0.05, 0) is 64.3 Å². The van der Waals surface area contributed by atoms with Gasteiger partial charge in [0.15, 0.2) is 0 Å². The molecule has 0 radical (unpaired) electrons. The number of halogens is 1. The Morgan fingerprint density at radius 3 is 2.55 bits per heavy atom. The van der Waals surface area contributed by atoms with Crippen LogP contribution in [0.5, 0.6) is 0 Å². The molecule has 0 saturated heterocycles. The number of hydrogen-bond donors (Lipinski definition) is 1. The molecule has 11 nitrogen and oxygen atoms in total. The molecule has 0 saturated carbocycles. The van der Waals surface area contributed by atoms with Gasteiger partial charge in [0.25, 0.3) is 5.56 Å². The van der Waals surface area contributed by atoms with Gasteiger partial charge < -0.3 is 10.1 Å². The Morgan fingerprint density at radius 2 is 1.93 bits per heavy atom. The number of rotatable bonds is 11. The molecule has 0 fully saturated rings. The number of amides is 1. The summed E-state index contributed by atoms with van der Waals surface area (Å²) in [5.74, 6) is -0.964. The highest BCUT2D eigenvalue weighted by molar-refractivity contribution is 7.21. The van der Waals surface area contributed by atoms with Gasteiger partial charge in [-0.15, -0.1) is 4.80 Å². The molecular weight excluding hydrogens is 561 g/mol. The third kappa shape index (κ3) is 5.77. The number of fused-ring (bicyclic) bond motifs is 1. The van der Waals surface area contributed by atoms with Crippen LogP contribution in [0.4, 0.5) is 4.39 Å². The predicted molar refractivity (Wildman–Crippen MR) is 157 cm³/mol. The normalized spacial score (nSPS) is 12.5. The SMILES string of the molecule is CCc1ccc(F)cc1[C@H](Cn1c(=O)n(C(C)(C)C(=O)NC(C)C)c(=O)c2c(C)c(-n3nccn3)sc21)OCCC#N. The van der Waals surface area contributed by atoms with E-state index in [9.17, 15) is 18.8 Å². The monoisotopic (exact) mass is 595 g/mol. The average Bonchev–Trinajstić information content (AvgIpc) is 3.58. The van der Waals surface area contributed by atoms with E-state index in [-0.39, 0.29) is 31.0 Å². The maximum atomic E-state index is 14.5. The van der Waals surface area contributed by atoms with Crippen molar-refractivity contribution in [1.82, 2.24) is 29.4 Å². The van der Waals surface area contributed by atoms with Gasteiger partial charge in [-0.1, -0.05) is 24.3 Å². The van der Waals surface area contributed by atoms with Crippen molar-refractivity contribution in [2.24, 2.45) is 0 Å². The molecule has 1 aromatic carbocycles. The minimum Gasteiger partial charge on any atom is -0.371 e. The summed E-state index contributed by atoms with van der Waals surface area (Å²) >= 11 is 1.16. The van der Waals surface area contributed by atoms with Gasteiger partial charge in [0.05, 0.1) is 43.4 Å². The highest BCUT2D eigenvalue weighted by Crippen LogP contribution is 2.33. The molecule has 0 unspecified atom stereocenters. The molecule has 3 aromatic heterocycles. The lowest BCUT2D eigenvalue weighted by Gasteiger charge is -2.28. The van der Waals surface area contributed by atoms with Crippen molar-refractivity contribution < 1.29 is 13.9 Å². The minimum absolute atomic E-state index is 0.0482. The number of carbonyl (C=O) groups excluding carboxylic acids is 1. The fourth-order valence-electron chi connectivity index (χ4n) is 4.88. The Hall–Kier alpha value is -4.15. The van der Waals surface area contributed by atoms with Crippen LogP contribution in [0.25, 0.3) is 15.2 Å². The number of ether oxygens (including phenoxy) is 1. The van der Waals surface area contributed by atoms with Gasteiger partial charge in [0.2, 0.25) is 5.91 Å². The first-order chi connectivity index (χ1) is 19.9. The van der Waals surface area contributed by atoms with Gasteiger partial charge in [0.1, 0.15) is 27.3 Å². The highest BCUT2D eigenvalue weighted by Gasteiger charge is 2.36. The van der Waals surface area contributed by atoms with Crippen LogP contribution in [0.3, 0.4) is 0 Å². The van der Waals surface area contributed by atoms with Crippen LogP contribution in [-0.2, 0) is 28.0 Å². The first-order valence-corrected chi connectivity index (χ1v) is 14.5. The van der Waals surface area contributed by atoms with Gasteiger partial charge in [-0.25, -0.2) is 13.8 Å². The summed E-state index contributed by atoms with van der Waals surface area (Å²) in [5, 5.41) is 21.1. The van der Waals surface area contributed by atoms with Crippen molar-refractivity contribution in [3.05, 3.63) is 73.9 Å². The Kier molecular flexibility index (Phi) is 9.08. The highest BCUT2D eigenvalue weighted by atomic mass is 32.1. The number of nitrogens with zero attached hydrogens (tertiary/aromatic N) is 6. The number of aromatic nitrogens is 5. The van der Waals surface area contributed by atoms with Gasteiger partial charge in [-0.2, -0.15) is 15.5 Å². The zero-order valence-corrected chi connectivity index (χ0v) is 25.3. The predicted octanol–water partition coefficient (Wildman–Crippen LogP) is 3.75. The number of carbonyl (C=O) groups is 1. The molecule has 1 atom stereocenters. The zero-order chi connectivity index (χ0) is 30.8. The fraction of sp³-hybridized carbons (Fsp3) is 0.448. The van der Waals surface area contributed by atoms with E-state index >= 15 is 0 Å². The number of hydrogen-bond acceptors (Lipinski definition) is 8. The van der Waals surface area contributed by atoms with Crippen molar-refractivity contribution in [2.75, 3.05) is 6.61 Å². The molecule has 1 N–H and O–H groups in total. The van der Waals surface area contributed by atoms with Gasteiger partial charge in [0, 0.05) is 11.6 Å². The molecule has 0 spiro atoms. The van der Waals surface area contributed by atoms with E-state index in [0.717, 1.165) is 21.5 Å². The van der Waals surface area contributed by atoms with Crippen molar-refractivity contribution in [3.8, 4) is 11.1 Å². The topological polar surface area (TPSA) is 137 Å². The Balaban J connectivity index is 2.03. The van der Waals surface area contributed by atoms with Gasteiger partial charge >= 0.3 is 5.69 Å². The summed E-state index contributed by atoms with van der Waals surface area (Å²) < 4.78 is 23.0.